The van der Waals surface area contributed by atoms with E-state index >= 15 is 0 Å². The number of hydrogen-bond donors (Lipinski definition) is 0. The minimum absolute atomic E-state index is 0.473. The monoisotopic (exact) mass is 500 g/mol. The molecule has 0 N–H and O–H groups in total. The standard InChI is InChI=1S/C31H52N2O3/c1-32(30-17-23-11-24(18-30)13-25(12-23)19-30)7-3-5-9-35-29(34)36-10-6-4-8-33(2)31-20-26-14-27(21-31)16-28(15-26)22-31/h23-28H,3-22H2,1-2H3. The molecule has 8 bridgehead atoms. The fourth-order valence-electron chi connectivity index (χ4n) is 10.8. The van der Waals surface area contributed by atoms with Crippen LogP contribution < -0.4 is 0 Å². The Hall–Kier alpha value is -0.810. The van der Waals surface area contributed by atoms with Crippen LogP contribution in [0.15, 0.2) is 0 Å². The minimum Gasteiger partial charge on any atom is -0.434 e. The highest BCUT2D eigenvalue weighted by molar-refractivity contribution is 5.59. The highest BCUT2D eigenvalue weighted by atomic mass is 16.7. The molecule has 0 amide bonds. The second-order valence-electron chi connectivity index (χ2n) is 14.5. The number of carbonyl (C=O) groups is 1. The van der Waals surface area contributed by atoms with Crippen LogP contribution >= 0.6 is 0 Å². The first-order valence-electron chi connectivity index (χ1n) is 15.6. The Bertz CT molecular complexity index is 649. The van der Waals surface area contributed by atoms with Crippen LogP contribution in [0.4, 0.5) is 4.79 Å². The molecule has 0 aromatic heterocycles. The maximum atomic E-state index is 12.0. The first-order valence-corrected chi connectivity index (χ1v) is 15.6. The second kappa shape index (κ2) is 10.4. The molecule has 0 saturated heterocycles. The zero-order valence-corrected chi connectivity index (χ0v) is 23.2. The number of unbranched alkanes of at least 4 members (excludes halogenated alkanes) is 2. The van der Waals surface area contributed by atoms with Crippen molar-refractivity contribution in [2.24, 2.45) is 35.5 Å². The van der Waals surface area contributed by atoms with Crippen molar-refractivity contribution in [3.05, 3.63) is 0 Å². The van der Waals surface area contributed by atoms with Crippen molar-refractivity contribution in [3.63, 3.8) is 0 Å². The van der Waals surface area contributed by atoms with Gasteiger partial charge in [-0.05, 0) is 165 Å². The zero-order chi connectivity index (χ0) is 24.8. The lowest BCUT2D eigenvalue weighted by Crippen LogP contribution is -2.58. The predicted octanol–water partition coefficient (Wildman–Crippen LogP) is 6.50. The molecule has 0 heterocycles. The topological polar surface area (TPSA) is 42.0 Å². The first-order chi connectivity index (χ1) is 17.4. The molecule has 8 fully saturated rings. The minimum atomic E-state index is -0.473. The quantitative estimate of drug-likeness (QED) is 0.226. The van der Waals surface area contributed by atoms with Crippen LogP contribution in [-0.2, 0) is 9.47 Å². The SMILES string of the molecule is CN(CCCCOC(=O)OCCCCN(C)C12CC3CC(CC(C3)C1)C2)C12CC3CC(CC(C3)C1)C2. The molecule has 204 valence electrons. The summed E-state index contributed by atoms with van der Waals surface area (Å²) in [4.78, 5) is 17.4. The summed E-state index contributed by atoms with van der Waals surface area (Å²) in [5.41, 5.74) is 0.969. The van der Waals surface area contributed by atoms with E-state index in [4.69, 9.17) is 9.47 Å². The van der Waals surface area contributed by atoms with Gasteiger partial charge in [0.1, 0.15) is 0 Å². The molecule has 8 rings (SSSR count). The van der Waals surface area contributed by atoms with Gasteiger partial charge in [-0.3, -0.25) is 0 Å². The Kier molecular flexibility index (Phi) is 7.35. The zero-order valence-electron chi connectivity index (χ0n) is 23.2. The summed E-state index contributed by atoms with van der Waals surface area (Å²) in [6, 6.07) is 0. The number of nitrogens with zero attached hydrogens (tertiary/aromatic N) is 2. The van der Waals surface area contributed by atoms with E-state index in [2.05, 4.69) is 23.9 Å². The Morgan fingerprint density at radius 3 is 1.19 bits per heavy atom. The molecule has 8 aliphatic carbocycles. The van der Waals surface area contributed by atoms with Crippen LogP contribution in [-0.4, -0.2) is 67.4 Å². The van der Waals surface area contributed by atoms with Gasteiger partial charge in [0.05, 0.1) is 13.2 Å². The molecule has 5 nitrogen and oxygen atoms in total. The largest absolute Gasteiger partial charge is 0.508 e. The van der Waals surface area contributed by atoms with Crippen LogP contribution in [0.1, 0.15) is 103 Å². The molecule has 0 aromatic rings. The fraction of sp³-hybridized carbons (Fsp3) is 0.968. The van der Waals surface area contributed by atoms with E-state index in [1.807, 2.05) is 0 Å². The normalized spacial score (nSPS) is 42.0. The highest BCUT2D eigenvalue weighted by Crippen LogP contribution is 2.58. The van der Waals surface area contributed by atoms with Crippen molar-refractivity contribution in [2.45, 2.75) is 114 Å². The van der Waals surface area contributed by atoms with E-state index in [0.29, 0.717) is 24.3 Å². The second-order valence-corrected chi connectivity index (χ2v) is 14.5. The Morgan fingerprint density at radius 2 is 0.889 bits per heavy atom. The lowest BCUT2D eigenvalue weighted by molar-refractivity contribution is -0.0796. The third kappa shape index (κ3) is 5.22. The van der Waals surface area contributed by atoms with Gasteiger partial charge in [-0.25, -0.2) is 4.79 Å². The summed E-state index contributed by atoms with van der Waals surface area (Å²) in [6.07, 6.45) is 21.2. The lowest BCUT2D eigenvalue weighted by atomic mass is 9.52. The molecule has 0 unspecified atom stereocenters. The van der Waals surface area contributed by atoms with Crippen molar-refractivity contribution in [1.82, 2.24) is 9.80 Å². The third-order valence-electron chi connectivity index (χ3n) is 11.8. The van der Waals surface area contributed by atoms with Gasteiger partial charge >= 0.3 is 6.16 Å². The van der Waals surface area contributed by atoms with Crippen molar-refractivity contribution in [3.8, 4) is 0 Å². The highest BCUT2D eigenvalue weighted by Gasteiger charge is 2.53. The Morgan fingerprint density at radius 1 is 0.583 bits per heavy atom. The molecule has 8 aliphatic rings. The van der Waals surface area contributed by atoms with E-state index in [1.165, 1.54) is 77.0 Å². The molecule has 0 aliphatic heterocycles. The number of carbonyl (C=O) groups excluding carboxylic acids is 1. The lowest BCUT2D eigenvalue weighted by Gasteiger charge is -2.60. The van der Waals surface area contributed by atoms with Gasteiger partial charge in [-0.1, -0.05) is 0 Å². The fourth-order valence-corrected chi connectivity index (χ4v) is 10.8. The first kappa shape index (κ1) is 25.5. The van der Waals surface area contributed by atoms with Gasteiger partial charge in [0, 0.05) is 11.1 Å². The van der Waals surface area contributed by atoms with Crippen molar-refractivity contribution >= 4 is 6.16 Å². The predicted molar refractivity (Wildman–Crippen MR) is 143 cm³/mol. The number of ether oxygens (including phenoxy) is 2. The maximum Gasteiger partial charge on any atom is 0.508 e. The van der Waals surface area contributed by atoms with E-state index < -0.39 is 6.16 Å². The van der Waals surface area contributed by atoms with Crippen LogP contribution in [0.5, 0.6) is 0 Å². The van der Waals surface area contributed by atoms with Crippen LogP contribution in [0, 0.1) is 35.5 Å². The molecule has 8 saturated carbocycles. The molecule has 0 spiro atoms. The van der Waals surface area contributed by atoms with Crippen molar-refractivity contribution < 1.29 is 14.3 Å². The van der Waals surface area contributed by atoms with E-state index in [-0.39, 0.29) is 0 Å². The van der Waals surface area contributed by atoms with Gasteiger partial charge in [-0.15, -0.1) is 0 Å². The van der Waals surface area contributed by atoms with Crippen LogP contribution in [0.2, 0.25) is 0 Å². The van der Waals surface area contributed by atoms with E-state index in [0.717, 1.165) is 74.3 Å². The Labute approximate surface area is 220 Å². The van der Waals surface area contributed by atoms with Crippen LogP contribution in [0.25, 0.3) is 0 Å². The van der Waals surface area contributed by atoms with Gasteiger partial charge in [0.25, 0.3) is 0 Å². The molecule has 0 radical (unpaired) electrons. The van der Waals surface area contributed by atoms with E-state index in [1.54, 1.807) is 0 Å². The van der Waals surface area contributed by atoms with Crippen molar-refractivity contribution in [1.29, 1.82) is 0 Å². The maximum absolute atomic E-state index is 12.0. The summed E-state index contributed by atoms with van der Waals surface area (Å²) in [5.74, 6) is 5.97. The third-order valence-corrected chi connectivity index (χ3v) is 11.8. The van der Waals surface area contributed by atoms with Gasteiger partial charge in [0.15, 0.2) is 0 Å². The smallest absolute Gasteiger partial charge is 0.434 e. The number of rotatable bonds is 12. The average molecular weight is 501 g/mol. The number of hydrogen-bond acceptors (Lipinski definition) is 5. The summed E-state index contributed by atoms with van der Waals surface area (Å²) >= 11 is 0. The summed E-state index contributed by atoms with van der Waals surface area (Å²) in [6.45, 7) is 3.23. The van der Waals surface area contributed by atoms with Gasteiger partial charge < -0.3 is 19.3 Å². The molecular weight excluding hydrogens is 448 g/mol. The summed E-state index contributed by atoms with van der Waals surface area (Å²) in [5, 5.41) is 0. The molecular formula is C31H52N2O3. The average Bonchev–Trinajstić information content (AvgIpc) is 2.81. The summed E-state index contributed by atoms with van der Waals surface area (Å²) in [7, 11) is 4.70. The molecule has 36 heavy (non-hydrogen) atoms. The van der Waals surface area contributed by atoms with E-state index in [9.17, 15) is 4.79 Å². The molecule has 5 heteroatoms. The van der Waals surface area contributed by atoms with Gasteiger partial charge in [-0.2, -0.15) is 0 Å². The molecule has 0 atom stereocenters. The Balaban J connectivity index is 0.810. The summed E-state index contributed by atoms with van der Waals surface area (Å²) < 4.78 is 10.8. The van der Waals surface area contributed by atoms with Gasteiger partial charge in [0.2, 0.25) is 0 Å². The molecule has 0 aromatic carbocycles. The van der Waals surface area contributed by atoms with Crippen LogP contribution in [0.3, 0.4) is 0 Å². The van der Waals surface area contributed by atoms with Crippen molar-refractivity contribution in [2.75, 3.05) is 40.4 Å².